The number of nitrogens with zero attached hydrogens (tertiary/aromatic N) is 7. The van der Waals surface area contributed by atoms with E-state index < -0.39 is 70.4 Å². The molecule has 4 amide bonds. The van der Waals surface area contributed by atoms with Gasteiger partial charge in [-0.15, -0.1) is 40.0 Å². The first-order chi connectivity index (χ1) is 26.1. The second kappa shape index (κ2) is 17.0. The number of phenolic OH excluding ortho intramolecular Hbond substituents is 2. The number of oxime groups is 1. The van der Waals surface area contributed by atoms with Crippen molar-refractivity contribution in [3.8, 4) is 11.5 Å². The number of carboxylic acid groups (broad SMARTS) is 1. The number of aryl methyl sites for hydroxylation is 1. The number of thiazole rings is 1. The topological polar surface area (TPSA) is 312 Å². The fourth-order valence-electron chi connectivity index (χ4n) is 5.12. The van der Waals surface area contributed by atoms with Crippen LogP contribution in [-0.4, -0.2) is 109 Å². The molecule has 56 heavy (non-hydrogen) atoms. The monoisotopic (exact) mass is 835 g/mol. The summed E-state index contributed by atoms with van der Waals surface area (Å²) in [5.74, 6) is -5.29. The summed E-state index contributed by atoms with van der Waals surface area (Å²) in [5, 5.41) is 52.8. The van der Waals surface area contributed by atoms with Crippen LogP contribution in [0, 0.1) is 6.92 Å². The predicted molar refractivity (Wildman–Crippen MR) is 193 cm³/mol. The van der Waals surface area contributed by atoms with Gasteiger partial charge in [0.2, 0.25) is 5.60 Å². The van der Waals surface area contributed by atoms with Crippen LogP contribution in [-0.2, 0) is 30.6 Å². The van der Waals surface area contributed by atoms with E-state index in [2.05, 4.69) is 41.4 Å². The fourth-order valence-corrected chi connectivity index (χ4v) is 8.20. The third-order valence-corrected chi connectivity index (χ3v) is 11.0. The number of phenols is 2. The van der Waals surface area contributed by atoms with E-state index in [-0.39, 0.29) is 74.8 Å². The van der Waals surface area contributed by atoms with Crippen LogP contribution in [0.1, 0.15) is 41.4 Å². The Labute approximate surface area is 350 Å². The molecule has 0 bridgehead atoms. The molecule has 2 aliphatic rings. The number of carbonyl (C=O) groups excluding carboxylic acids is 5. The maximum Gasteiger partial charge on any atom is 1.00 e. The van der Waals surface area contributed by atoms with Crippen LogP contribution < -0.4 is 56.6 Å². The zero-order valence-corrected chi connectivity index (χ0v) is 34.2. The number of anilines is 1. The number of hydrazine groups is 1. The second-order valence-electron chi connectivity index (χ2n) is 12.2. The first-order valence-corrected chi connectivity index (χ1v) is 18.8. The number of aliphatic hydroxyl groups is 1. The zero-order chi connectivity index (χ0) is 39.8. The Hall–Kier alpha value is -4.98. The number of hydrogen-bond acceptors (Lipinski definition) is 19. The third-order valence-electron chi connectivity index (χ3n) is 7.93. The molecule has 4 aromatic rings. The number of carbonyl (C=O) groups is 5. The number of aromatic nitrogens is 5. The zero-order valence-electron chi connectivity index (χ0n) is 29.8. The number of β-lactam (4-membered cyclic amide) rings is 1. The van der Waals surface area contributed by atoms with Crippen LogP contribution in [0.4, 0.5) is 5.13 Å². The van der Waals surface area contributed by atoms with Crippen LogP contribution in [0.2, 0.25) is 0 Å². The number of nitrogens with two attached hydrogens (primary N) is 1. The number of nitrogens with one attached hydrogen (secondary N) is 3. The summed E-state index contributed by atoms with van der Waals surface area (Å²) in [6, 6.07) is 3.80. The number of amides is 4. The summed E-state index contributed by atoms with van der Waals surface area (Å²) in [4.78, 5) is 83.8. The van der Waals surface area contributed by atoms with Gasteiger partial charge in [-0.1, -0.05) is 5.16 Å². The van der Waals surface area contributed by atoms with E-state index in [4.69, 9.17) is 10.6 Å². The van der Waals surface area contributed by atoms with Gasteiger partial charge >= 0.3 is 29.6 Å². The Morgan fingerprint density at radius 1 is 1.14 bits per heavy atom. The van der Waals surface area contributed by atoms with Gasteiger partial charge in [0, 0.05) is 28.1 Å². The average molecular weight is 836 g/mol. The van der Waals surface area contributed by atoms with Crippen LogP contribution >= 0.6 is 34.9 Å². The van der Waals surface area contributed by atoms with Crippen molar-refractivity contribution in [1.82, 2.24) is 45.6 Å². The molecular weight excluding hydrogens is 806 g/mol. The van der Waals surface area contributed by atoms with E-state index >= 15 is 0 Å². The number of aliphatic hydroxyl groups excluding tert-OH is 1. The molecule has 2 aliphatic heterocycles. The van der Waals surface area contributed by atoms with Gasteiger partial charge < -0.3 is 41.1 Å². The second-order valence-corrected chi connectivity index (χ2v) is 15.2. The number of hydrogen-bond donors (Lipinski definition) is 7. The summed E-state index contributed by atoms with van der Waals surface area (Å²) in [6.45, 7) is 3.91. The fraction of sp³-hybridized carbons (Fsp3) is 0.290. The maximum absolute atomic E-state index is 13.6. The SMILES string of the molecule is Cc1cc(SCC2=C(C(=O)[O-])N3C(=O)C(NC(=O)C(=NOC(C)(C)C(=O)NNC(=O)c4ccc(O)c(O)c4)c4csc(N)n4)[C@@H]3SC2)n2nc(CO)nc2n1.[Na+]. The number of aromatic hydroxyl groups is 2. The summed E-state index contributed by atoms with van der Waals surface area (Å²) >= 11 is 3.42. The van der Waals surface area contributed by atoms with Gasteiger partial charge in [-0.05, 0) is 50.6 Å². The molecule has 0 spiro atoms. The molecule has 1 fully saturated rings. The van der Waals surface area contributed by atoms with Crippen LogP contribution in [0.25, 0.3) is 5.78 Å². The molecule has 0 saturated carbocycles. The minimum absolute atomic E-state index is 0. The minimum atomic E-state index is -1.82. The van der Waals surface area contributed by atoms with Crippen molar-refractivity contribution in [3.05, 3.63) is 63.7 Å². The van der Waals surface area contributed by atoms with Gasteiger partial charge in [-0.25, -0.2) is 9.97 Å². The summed E-state index contributed by atoms with van der Waals surface area (Å²) in [5.41, 5.74) is 8.32. The Balaban J connectivity index is 0.00000600. The van der Waals surface area contributed by atoms with Crippen molar-refractivity contribution in [3.63, 3.8) is 0 Å². The van der Waals surface area contributed by atoms with E-state index in [1.165, 1.54) is 53.3 Å². The Bertz CT molecular complexity index is 2310. The van der Waals surface area contributed by atoms with Crippen molar-refractivity contribution in [2.24, 2.45) is 5.16 Å². The van der Waals surface area contributed by atoms with Crippen molar-refractivity contribution in [2.45, 2.75) is 49.4 Å². The third kappa shape index (κ3) is 8.69. The Morgan fingerprint density at radius 3 is 2.55 bits per heavy atom. The number of nitrogen functional groups attached to an aromatic ring is 1. The van der Waals surface area contributed by atoms with Crippen LogP contribution in [0.3, 0.4) is 0 Å². The van der Waals surface area contributed by atoms with Gasteiger partial charge in [0.25, 0.3) is 29.4 Å². The number of carboxylic acids is 1. The molecule has 288 valence electrons. The van der Waals surface area contributed by atoms with Crippen molar-refractivity contribution in [2.75, 3.05) is 17.2 Å². The quantitative estimate of drug-likeness (QED) is 0.0135. The van der Waals surface area contributed by atoms with Crippen molar-refractivity contribution >= 4 is 81.1 Å². The van der Waals surface area contributed by atoms with E-state index in [0.29, 0.717) is 16.3 Å². The summed E-state index contributed by atoms with van der Waals surface area (Å²) in [6.07, 6.45) is 0. The Kier molecular flexibility index (Phi) is 12.8. The molecular formula is C31H30N11NaO10S3. The molecule has 3 aromatic heterocycles. The molecule has 1 aromatic carbocycles. The molecule has 6 rings (SSSR count). The number of rotatable bonds is 12. The first-order valence-electron chi connectivity index (χ1n) is 15.8. The molecule has 8 N–H and O–H groups in total. The first kappa shape index (κ1) is 42.2. The van der Waals surface area contributed by atoms with Gasteiger partial charge in [-0.3, -0.25) is 34.9 Å². The molecule has 21 nitrogen and oxygen atoms in total. The molecule has 2 atom stereocenters. The molecule has 0 aliphatic carbocycles. The molecule has 25 heteroatoms. The van der Waals surface area contributed by atoms with E-state index in [1.807, 2.05) is 0 Å². The van der Waals surface area contributed by atoms with Gasteiger partial charge in [0.15, 0.2) is 28.2 Å². The number of benzene rings is 1. The number of aliphatic carboxylic acids is 1. The predicted octanol–water partition coefficient (Wildman–Crippen LogP) is -4.46. The van der Waals surface area contributed by atoms with E-state index in [1.54, 1.807) is 13.0 Å². The molecule has 0 radical (unpaired) electrons. The van der Waals surface area contributed by atoms with Gasteiger partial charge in [0.05, 0.1) is 11.7 Å². The average Bonchev–Trinajstić information content (AvgIpc) is 3.77. The Morgan fingerprint density at radius 2 is 1.89 bits per heavy atom. The van der Waals surface area contributed by atoms with E-state index in [9.17, 15) is 44.4 Å². The maximum atomic E-state index is 13.6. The van der Waals surface area contributed by atoms with Crippen LogP contribution in [0.5, 0.6) is 11.5 Å². The standard InChI is InChI=1S/C31H31N11O10S3.Na/c1-12-6-19(42-30(33-12)35-18(8-43)39-42)53-9-14-10-54-26-21(25(48)41(26)22(14)27(49)50)36-24(47)20(15-11-55-29(32)34-15)40-52-31(2,3)28(51)38-37-23(46)13-4-5-16(44)17(45)7-13;/h4-7,11,21,26,43-45H,8-10H2,1-3H3,(H2,32,34)(H,36,47)(H,37,46)(H,38,51)(H,49,50);/q;+1/p-1/t21?,26-;/m0./s1. The van der Waals surface area contributed by atoms with Gasteiger partial charge in [0.1, 0.15) is 28.7 Å². The van der Waals surface area contributed by atoms with Crippen molar-refractivity contribution < 1.29 is 78.8 Å². The molecule has 5 heterocycles. The summed E-state index contributed by atoms with van der Waals surface area (Å²) < 4.78 is 1.43. The number of fused-ring (bicyclic) bond motifs is 2. The summed E-state index contributed by atoms with van der Waals surface area (Å²) in [7, 11) is 0. The van der Waals surface area contributed by atoms with Gasteiger partial charge in [-0.2, -0.15) is 9.50 Å². The normalized spacial score (nSPS) is 16.8. The molecule has 1 saturated heterocycles. The molecule has 1 unspecified atom stereocenters. The minimum Gasteiger partial charge on any atom is -0.543 e. The number of thioether (sulfide) groups is 2. The largest absolute Gasteiger partial charge is 1.00 e. The van der Waals surface area contributed by atoms with Crippen molar-refractivity contribution in [1.29, 1.82) is 0 Å². The smallest absolute Gasteiger partial charge is 0.543 e. The van der Waals surface area contributed by atoms with Crippen LogP contribution in [0.15, 0.2) is 51.1 Å². The van der Waals surface area contributed by atoms with E-state index in [0.717, 1.165) is 28.4 Å².